The molecule has 2 saturated carbocycles. The summed E-state index contributed by atoms with van der Waals surface area (Å²) in [5.74, 6) is 0.683. The molecule has 148 valence electrons. The summed E-state index contributed by atoms with van der Waals surface area (Å²) in [7, 11) is 0. The van der Waals surface area contributed by atoms with E-state index in [0.717, 1.165) is 0 Å². The van der Waals surface area contributed by atoms with Gasteiger partial charge in [-0.15, -0.1) is 0 Å². The van der Waals surface area contributed by atoms with Crippen LogP contribution in [0.4, 0.5) is 0 Å². The third-order valence-electron chi connectivity index (χ3n) is 4.95. The van der Waals surface area contributed by atoms with Gasteiger partial charge in [0.2, 0.25) is 11.8 Å². The molecule has 0 bridgehead atoms. The number of rotatable bonds is 4. The molecule has 0 atom stereocenters. The normalized spacial score (nSPS) is 18.8. The third-order valence-corrected chi connectivity index (χ3v) is 4.95. The molecule has 0 saturated heterocycles. The molecule has 0 aliphatic heterocycles. The van der Waals surface area contributed by atoms with Gasteiger partial charge in [0.1, 0.15) is 0 Å². The van der Waals surface area contributed by atoms with Crippen LogP contribution < -0.4 is 16.8 Å². The van der Waals surface area contributed by atoms with Crippen LogP contribution in [0.3, 0.4) is 0 Å². The summed E-state index contributed by atoms with van der Waals surface area (Å²) in [6.45, 7) is 7.77. The van der Waals surface area contributed by atoms with Gasteiger partial charge in [0.15, 0.2) is 0 Å². The van der Waals surface area contributed by atoms with Gasteiger partial charge in [0, 0.05) is 23.9 Å². The van der Waals surface area contributed by atoms with Crippen molar-refractivity contribution in [2.45, 2.75) is 104 Å². The van der Waals surface area contributed by atoms with E-state index in [0.29, 0.717) is 12.1 Å². The second-order valence-electron chi connectivity index (χ2n) is 8.00. The molecule has 2 rings (SSSR count). The molecule has 5 heteroatoms. The summed E-state index contributed by atoms with van der Waals surface area (Å²) >= 11 is 0. The first-order valence-corrected chi connectivity index (χ1v) is 10.0. The number of hydrogen-bond acceptors (Lipinski definition) is 3. The van der Waals surface area contributed by atoms with Gasteiger partial charge in [-0.25, -0.2) is 0 Å². The highest BCUT2D eigenvalue weighted by Crippen LogP contribution is 2.18. The molecule has 5 nitrogen and oxygen atoms in total. The van der Waals surface area contributed by atoms with Crippen LogP contribution in [0.5, 0.6) is 0 Å². The van der Waals surface area contributed by atoms with Crippen LogP contribution in [-0.2, 0) is 9.59 Å². The van der Waals surface area contributed by atoms with E-state index < -0.39 is 0 Å². The van der Waals surface area contributed by atoms with Crippen LogP contribution in [0.1, 0.15) is 91.9 Å². The van der Waals surface area contributed by atoms with E-state index in [1.165, 1.54) is 64.2 Å². The highest BCUT2D eigenvalue weighted by atomic mass is 16.2. The molecule has 0 unspecified atom stereocenters. The van der Waals surface area contributed by atoms with Crippen LogP contribution in [0.25, 0.3) is 0 Å². The Kier molecular flexibility index (Phi) is 12.6. The van der Waals surface area contributed by atoms with Gasteiger partial charge >= 0.3 is 0 Å². The second kappa shape index (κ2) is 13.2. The SMILES string of the molecule is CC(C)C(=O)NC1CCCCC1.CC(C)C(=O)NC1CCCCC1.N. The lowest BCUT2D eigenvalue weighted by atomic mass is 9.95. The highest BCUT2D eigenvalue weighted by molar-refractivity contribution is 5.78. The Hall–Kier alpha value is -1.10. The summed E-state index contributed by atoms with van der Waals surface area (Å²) in [5.41, 5.74) is 0. The largest absolute Gasteiger partial charge is 0.353 e. The van der Waals surface area contributed by atoms with Gasteiger partial charge in [0.25, 0.3) is 0 Å². The molecule has 2 fully saturated rings. The van der Waals surface area contributed by atoms with Crippen molar-refractivity contribution < 1.29 is 9.59 Å². The van der Waals surface area contributed by atoms with Crippen molar-refractivity contribution in [3.63, 3.8) is 0 Å². The quantitative estimate of drug-likeness (QED) is 0.700. The first-order chi connectivity index (χ1) is 11.4. The summed E-state index contributed by atoms with van der Waals surface area (Å²) < 4.78 is 0. The van der Waals surface area contributed by atoms with Crippen LogP contribution in [0.2, 0.25) is 0 Å². The first kappa shape index (κ1) is 23.9. The van der Waals surface area contributed by atoms with E-state index in [2.05, 4.69) is 10.6 Å². The van der Waals surface area contributed by atoms with Gasteiger partial charge in [-0.3, -0.25) is 9.59 Å². The highest BCUT2D eigenvalue weighted by Gasteiger charge is 2.17. The van der Waals surface area contributed by atoms with Crippen LogP contribution in [0.15, 0.2) is 0 Å². The molecule has 0 aromatic heterocycles. The summed E-state index contributed by atoms with van der Waals surface area (Å²) in [4.78, 5) is 22.6. The van der Waals surface area contributed by atoms with Crippen molar-refractivity contribution in [3.05, 3.63) is 0 Å². The van der Waals surface area contributed by atoms with Gasteiger partial charge in [-0.2, -0.15) is 0 Å². The number of amides is 2. The van der Waals surface area contributed by atoms with Crippen molar-refractivity contribution in [2.24, 2.45) is 11.8 Å². The van der Waals surface area contributed by atoms with Crippen LogP contribution in [0, 0.1) is 11.8 Å². The standard InChI is InChI=1S/2C10H19NO.H3N/c2*1-8(2)10(12)11-9-6-4-3-5-7-9;/h2*8-9H,3-7H2,1-2H3,(H,11,12);1H3. The van der Waals surface area contributed by atoms with Crippen molar-refractivity contribution in [2.75, 3.05) is 0 Å². The molecule has 0 heterocycles. The molecule has 2 amide bonds. The Morgan fingerprint density at radius 1 is 0.640 bits per heavy atom. The van der Waals surface area contributed by atoms with Crippen molar-refractivity contribution in [3.8, 4) is 0 Å². The minimum Gasteiger partial charge on any atom is -0.353 e. The van der Waals surface area contributed by atoms with Gasteiger partial charge in [-0.1, -0.05) is 66.2 Å². The second-order valence-corrected chi connectivity index (χ2v) is 8.00. The number of nitrogens with one attached hydrogen (secondary N) is 2. The predicted molar refractivity (Wildman–Crippen MR) is 105 cm³/mol. The number of hydrogen-bond donors (Lipinski definition) is 3. The number of carbonyl (C=O) groups is 2. The monoisotopic (exact) mass is 355 g/mol. The van der Waals surface area contributed by atoms with E-state index in [-0.39, 0.29) is 29.8 Å². The van der Waals surface area contributed by atoms with Crippen molar-refractivity contribution >= 4 is 11.8 Å². The van der Waals surface area contributed by atoms with E-state index in [4.69, 9.17) is 0 Å². The molecule has 5 N–H and O–H groups in total. The third kappa shape index (κ3) is 10.5. The van der Waals surface area contributed by atoms with Crippen LogP contribution >= 0.6 is 0 Å². The first-order valence-electron chi connectivity index (χ1n) is 10.0. The smallest absolute Gasteiger partial charge is 0.222 e. The summed E-state index contributed by atoms with van der Waals surface area (Å²) in [6, 6.07) is 0.933. The van der Waals surface area contributed by atoms with E-state index >= 15 is 0 Å². The Morgan fingerprint density at radius 3 is 1.16 bits per heavy atom. The zero-order valence-corrected chi connectivity index (χ0v) is 16.9. The minimum absolute atomic E-state index is 0. The summed E-state index contributed by atoms with van der Waals surface area (Å²) in [6.07, 6.45) is 12.5. The fourth-order valence-electron chi connectivity index (χ4n) is 3.23. The molecule has 0 aromatic carbocycles. The lowest BCUT2D eigenvalue weighted by Crippen LogP contribution is -2.38. The van der Waals surface area contributed by atoms with Gasteiger partial charge in [0.05, 0.1) is 0 Å². The molecule has 2 aliphatic rings. The van der Waals surface area contributed by atoms with Crippen molar-refractivity contribution in [1.82, 2.24) is 16.8 Å². The maximum atomic E-state index is 11.3. The Bertz CT molecular complexity index is 335. The average Bonchev–Trinajstić information content (AvgIpc) is 2.57. The molecule has 0 radical (unpaired) electrons. The zero-order chi connectivity index (χ0) is 17.9. The lowest BCUT2D eigenvalue weighted by molar-refractivity contribution is -0.125. The van der Waals surface area contributed by atoms with Gasteiger partial charge < -0.3 is 16.8 Å². The summed E-state index contributed by atoms with van der Waals surface area (Å²) in [5, 5.41) is 6.16. The Balaban J connectivity index is 0.000000443. The lowest BCUT2D eigenvalue weighted by Gasteiger charge is -2.23. The average molecular weight is 356 g/mol. The molecule has 25 heavy (non-hydrogen) atoms. The maximum absolute atomic E-state index is 11.3. The zero-order valence-electron chi connectivity index (χ0n) is 16.9. The Morgan fingerprint density at radius 2 is 0.920 bits per heavy atom. The van der Waals surface area contributed by atoms with Crippen molar-refractivity contribution in [1.29, 1.82) is 0 Å². The molecular weight excluding hydrogens is 314 g/mol. The van der Waals surface area contributed by atoms with Gasteiger partial charge in [-0.05, 0) is 25.7 Å². The molecule has 0 aromatic rings. The fraction of sp³-hybridized carbons (Fsp3) is 0.900. The van der Waals surface area contributed by atoms with Crippen LogP contribution in [-0.4, -0.2) is 23.9 Å². The van der Waals surface area contributed by atoms with E-state index in [9.17, 15) is 9.59 Å². The van der Waals surface area contributed by atoms with E-state index in [1.54, 1.807) is 0 Å². The molecule has 2 aliphatic carbocycles. The minimum atomic E-state index is 0. The fourth-order valence-corrected chi connectivity index (χ4v) is 3.23. The molecule has 0 spiro atoms. The Labute approximate surface area is 154 Å². The molecular formula is C20H41N3O2. The maximum Gasteiger partial charge on any atom is 0.222 e. The topological polar surface area (TPSA) is 93.2 Å². The predicted octanol–water partition coefficient (Wildman–Crippen LogP) is 4.34. The number of carbonyl (C=O) groups excluding carboxylic acids is 2. The van der Waals surface area contributed by atoms with E-state index in [1.807, 2.05) is 27.7 Å².